The summed E-state index contributed by atoms with van der Waals surface area (Å²) in [6.45, 7) is 1.58. The van der Waals surface area contributed by atoms with Crippen molar-refractivity contribution in [2.24, 2.45) is 0 Å². The number of rotatable bonds is 4. The molecule has 3 aromatic carbocycles. The van der Waals surface area contributed by atoms with Crippen LogP contribution in [0.15, 0.2) is 78.9 Å². The molecule has 1 atom stereocenters. The molecule has 0 heterocycles. The summed E-state index contributed by atoms with van der Waals surface area (Å²) in [6.07, 6.45) is -0.0323. The van der Waals surface area contributed by atoms with E-state index in [1.807, 2.05) is 48.5 Å². The van der Waals surface area contributed by atoms with Crippen LogP contribution in [0.1, 0.15) is 18.1 Å². The number of para-hydroxylation sites is 1. The van der Waals surface area contributed by atoms with Crippen molar-refractivity contribution in [2.45, 2.75) is 19.6 Å². The Kier molecular flexibility index (Phi) is 7.33. The number of aliphatic hydroxyl groups is 1. The first kappa shape index (κ1) is 18.8. The van der Waals surface area contributed by atoms with Gasteiger partial charge in [0, 0.05) is 11.4 Å². The molecule has 0 bridgehead atoms. The zero-order valence-corrected chi connectivity index (χ0v) is 14.7. The highest BCUT2D eigenvalue weighted by Crippen LogP contribution is 2.23. The van der Waals surface area contributed by atoms with E-state index in [2.05, 4.69) is 0 Å². The number of aromatic hydroxyl groups is 1. The molecule has 0 saturated heterocycles. The molecule has 0 aliphatic heterocycles. The number of phenols is 1. The molecule has 0 amide bonds. The van der Waals surface area contributed by atoms with Crippen molar-refractivity contribution in [3.8, 4) is 11.5 Å². The van der Waals surface area contributed by atoms with Crippen LogP contribution in [0.25, 0.3) is 0 Å². The Morgan fingerprint density at radius 3 is 2.12 bits per heavy atom. The van der Waals surface area contributed by atoms with Gasteiger partial charge in [-0.05, 0) is 48.4 Å². The third-order valence-electron chi connectivity index (χ3n) is 3.33. The molecule has 1 unspecified atom stereocenters. The van der Waals surface area contributed by atoms with E-state index < -0.39 is 6.29 Å². The van der Waals surface area contributed by atoms with Crippen molar-refractivity contribution in [1.29, 1.82) is 0 Å². The van der Waals surface area contributed by atoms with Crippen LogP contribution in [0.3, 0.4) is 0 Å². The predicted molar refractivity (Wildman–Crippen MR) is 101 cm³/mol. The number of ether oxygens (including phenoxy) is 1. The number of hydrogen-bond acceptors (Lipinski definition) is 3. The summed E-state index contributed by atoms with van der Waals surface area (Å²) in [5, 5.41) is 19.1. The van der Waals surface area contributed by atoms with Crippen LogP contribution in [-0.2, 0) is 6.42 Å². The van der Waals surface area contributed by atoms with Gasteiger partial charge in [-0.15, -0.1) is 0 Å². The van der Waals surface area contributed by atoms with Crippen molar-refractivity contribution >= 4 is 11.6 Å². The first-order valence-electron chi connectivity index (χ1n) is 7.95. The molecule has 0 radical (unpaired) electrons. The molecule has 0 fully saturated rings. The molecule has 0 aliphatic rings. The summed E-state index contributed by atoms with van der Waals surface area (Å²) in [7, 11) is 0. The van der Waals surface area contributed by atoms with Crippen LogP contribution in [0.2, 0.25) is 5.02 Å². The lowest BCUT2D eigenvalue weighted by atomic mass is 10.0. The van der Waals surface area contributed by atoms with Crippen molar-refractivity contribution in [1.82, 2.24) is 0 Å². The van der Waals surface area contributed by atoms with Crippen molar-refractivity contribution in [3.63, 3.8) is 0 Å². The van der Waals surface area contributed by atoms with Crippen LogP contribution < -0.4 is 4.74 Å². The summed E-state index contributed by atoms with van der Waals surface area (Å²) >= 11 is 5.87. The molecule has 3 aromatic rings. The molecule has 3 nitrogen and oxygen atoms in total. The minimum absolute atomic E-state index is 0.295. The fourth-order valence-electron chi connectivity index (χ4n) is 2.21. The largest absolute Gasteiger partial charge is 0.508 e. The molecule has 0 aromatic heterocycles. The fourth-order valence-corrected chi connectivity index (χ4v) is 2.40. The van der Waals surface area contributed by atoms with E-state index in [0.29, 0.717) is 22.9 Å². The van der Waals surface area contributed by atoms with Gasteiger partial charge in [-0.3, -0.25) is 0 Å². The lowest BCUT2D eigenvalue weighted by Crippen LogP contribution is -2.08. The highest BCUT2D eigenvalue weighted by atomic mass is 35.5. The summed E-state index contributed by atoms with van der Waals surface area (Å²) in [5.41, 5.74) is 2.02. The maximum atomic E-state index is 9.64. The van der Waals surface area contributed by atoms with E-state index in [-0.39, 0.29) is 0 Å². The third-order valence-corrected chi connectivity index (χ3v) is 3.56. The Morgan fingerprint density at radius 1 is 0.920 bits per heavy atom. The molecule has 0 spiro atoms. The van der Waals surface area contributed by atoms with E-state index in [1.165, 1.54) is 0 Å². The summed E-state index contributed by atoms with van der Waals surface area (Å²) < 4.78 is 4.97. The Morgan fingerprint density at radius 2 is 1.52 bits per heavy atom. The molecular formula is C21H21ClO3. The van der Waals surface area contributed by atoms with Gasteiger partial charge in [-0.2, -0.15) is 0 Å². The quantitative estimate of drug-likeness (QED) is 0.644. The van der Waals surface area contributed by atoms with Gasteiger partial charge in [0.1, 0.15) is 11.5 Å². The molecular weight excluding hydrogens is 336 g/mol. The molecule has 130 valence electrons. The third kappa shape index (κ3) is 6.87. The standard InChI is InChI=1S/C13H11ClO.C8H10O2/c14-12-6-7-13(15)11(9-12)8-10-4-2-1-3-5-10;1-7(9)10-8-5-3-2-4-6-8/h1-7,9,15H,8H2;2-7,9H,1H3. The van der Waals surface area contributed by atoms with Crippen LogP contribution >= 0.6 is 11.6 Å². The highest BCUT2D eigenvalue weighted by Gasteiger charge is 2.02. The second-order valence-electron chi connectivity index (χ2n) is 5.47. The maximum Gasteiger partial charge on any atom is 0.194 e. The Labute approximate surface area is 153 Å². The number of benzene rings is 3. The van der Waals surface area contributed by atoms with Gasteiger partial charge in [-0.1, -0.05) is 60.1 Å². The van der Waals surface area contributed by atoms with Gasteiger partial charge in [-0.25, -0.2) is 0 Å². The average molecular weight is 357 g/mol. The van der Waals surface area contributed by atoms with Gasteiger partial charge in [0.25, 0.3) is 0 Å². The smallest absolute Gasteiger partial charge is 0.194 e. The van der Waals surface area contributed by atoms with Gasteiger partial charge in [0.05, 0.1) is 0 Å². The zero-order chi connectivity index (χ0) is 18.1. The fraction of sp³-hybridized carbons (Fsp3) is 0.143. The number of phenolic OH excluding ortho intramolecular Hbond substituents is 1. The molecule has 3 rings (SSSR count). The first-order valence-corrected chi connectivity index (χ1v) is 8.33. The van der Waals surface area contributed by atoms with E-state index in [4.69, 9.17) is 21.4 Å². The Bertz CT molecular complexity index is 759. The normalized spacial score (nSPS) is 11.2. The minimum atomic E-state index is -0.734. The van der Waals surface area contributed by atoms with Gasteiger partial charge in [0.2, 0.25) is 0 Å². The summed E-state index contributed by atoms with van der Waals surface area (Å²) in [5.74, 6) is 0.987. The lowest BCUT2D eigenvalue weighted by Gasteiger charge is -2.06. The van der Waals surface area contributed by atoms with E-state index in [9.17, 15) is 5.11 Å². The SMILES string of the molecule is CC(O)Oc1ccccc1.Oc1ccc(Cl)cc1Cc1ccccc1. The van der Waals surface area contributed by atoms with Gasteiger partial charge < -0.3 is 14.9 Å². The number of halogens is 1. The van der Waals surface area contributed by atoms with Gasteiger partial charge >= 0.3 is 0 Å². The van der Waals surface area contributed by atoms with Gasteiger partial charge in [0.15, 0.2) is 6.29 Å². The maximum absolute atomic E-state index is 9.64. The molecule has 4 heteroatoms. The van der Waals surface area contributed by atoms with Crippen LogP contribution in [-0.4, -0.2) is 16.5 Å². The summed E-state index contributed by atoms with van der Waals surface area (Å²) in [6, 6.07) is 24.3. The average Bonchev–Trinajstić information content (AvgIpc) is 2.60. The van der Waals surface area contributed by atoms with E-state index in [0.717, 1.165) is 11.1 Å². The second kappa shape index (κ2) is 9.72. The van der Waals surface area contributed by atoms with Crippen molar-refractivity contribution in [3.05, 3.63) is 95.0 Å². The Balaban J connectivity index is 0.000000196. The van der Waals surface area contributed by atoms with Crippen molar-refractivity contribution in [2.75, 3.05) is 0 Å². The predicted octanol–water partition coefficient (Wildman–Crippen LogP) is 5.04. The second-order valence-corrected chi connectivity index (χ2v) is 5.90. The number of aliphatic hydroxyl groups excluding tert-OH is 1. The van der Waals surface area contributed by atoms with Crippen molar-refractivity contribution < 1.29 is 14.9 Å². The van der Waals surface area contributed by atoms with E-state index >= 15 is 0 Å². The van der Waals surface area contributed by atoms with Crippen LogP contribution in [0.5, 0.6) is 11.5 Å². The monoisotopic (exact) mass is 356 g/mol. The molecule has 0 aliphatic carbocycles. The highest BCUT2D eigenvalue weighted by molar-refractivity contribution is 6.30. The first-order chi connectivity index (χ1) is 12.0. The van der Waals surface area contributed by atoms with Crippen LogP contribution in [0.4, 0.5) is 0 Å². The number of hydrogen-bond donors (Lipinski definition) is 2. The lowest BCUT2D eigenvalue weighted by molar-refractivity contribution is -0.000288. The molecule has 2 N–H and O–H groups in total. The van der Waals surface area contributed by atoms with Crippen LogP contribution in [0, 0.1) is 0 Å². The molecule has 25 heavy (non-hydrogen) atoms. The summed E-state index contributed by atoms with van der Waals surface area (Å²) in [4.78, 5) is 0. The Hall–Kier alpha value is -2.49. The zero-order valence-electron chi connectivity index (χ0n) is 14.0. The molecule has 0 saturated carbocycles. The topological polar surface area (TPSA) is 49.7 Å². The minimum Gasteiger partial charge on any atom is -0.508 e. The van der Waals surface area contributed by atoms with E-state index in [1.54, 1.807) is 37.3 Å².